The molecule has 4 nitrogen and oxygen atoms in total. The Morgan fingerprint density at radius 2 is 2.06 bits per heavy atom. The largest absolute Gasteiger partial charge is 0.497 e. The minimum Gasteiger partial charge on any atom is -0.497 e. The summed E-state index contributed by atoms with van der Waals surface area (Å²) >= 11 is 0. The molecule has 2 atom stereocenters. The van der Waals surface area contributed by atoms with Gasteiger partial charge in [0.25, 0.3) is 0 Å². The molecule has 0 bridgehead atoms. The van der Waals surface area contributed by atoms with Gasteiger partial charge in [0.2, 0.25) is 0 Å². The smallest absolute Gasteiger partial charge is 0.119 e. The van der Waals surface area contributed by atoms with E-state index in [1.54, 1.807) is 19.2 Å². The van der Waals surface area contributed by atoms with Crippen molar-refractivity contribution in [1.29, 1.82) is 0 Å². The molecule has 96 valence electrons. The Morgan fingerprint density at radius 1 is 1.35 bits per heavy atom. The number of hydrogen-bond donors (Lipinski definition) is 3. The highest BCUT2D eigenvalue weighted by Gasteiger charge is 2.19. The zero-order valence-electron chi connectivity index (χ0n) is 10.6. The summed E-state index contributed by atoms with van der Waals surface area (Å²) in [5.74, 6) is 0.753. The molecule has 1 aromatic rings. The van der Waals surface area contributed by atoms with Gasteiger partial charge < -0.3 is 20.3 Å². The van der Waals surface area contributed by atoms with Gasteiger partial charge in [0, 0.05) is 0 Å². The molecular formula is C13H21NO3. The predicted molar refractivity (Wildman–Crippen MR) is 67.2 cm³/mol. The van der Waals surface area contributed by atoms with Gasteiger partial charge in [-0.3, -0.25) is 0 Å². The van der Waals surface area contributed by atoms with E-state index in [2.05, 4.69) is 5.32 Å². The molecule has 1 rings (SSSR count). The second-order valence-corrected chi connectivity index (χ2v) is 4.13. The maximum atomic E-state index is 10.0. The second kappa shape index (κ2) is 6.59. The number of methoxy groups -OCH3 is 1. The van der Waals surface area contributed by atoms with Gasteiger partial charge in [-0.2, -0.15) is 0 Å². The Hall–Kier alpha value is -1.10. The van der Waals surface area contributed by atoms with E-state index in [4.69, 9.17) is 4.74 Å². The Kier molecular flexibility index (Phi) is 5.41. The van der Waals surface area contributed by atoms with E-state index < -0.39 is 12.2 Å². The number of rotatable bonds is 6. The number of aliphatic hydroxyl groups excluding tert-OH is 2. The third kappa shape index (κ3) is 3.70. The average molecular weight is 239 g/mol. The lowest BCUT2D eigenvalue weighted by Crippen LogP contribution is -2.23. The molecule has 0 spiro atoms. The first-order valence-electron chi connectivity index (χ1n) is 5.75. The van der Waals surface area contributed by atoms with Crippen LogP contribution in [0.5, 0.6) is 5.75 Å². The zero-order valence-corrected chi connectivity index (χ0v) is 10.6. The van der Waals surface area contributed by atoms with Crippen molar-refractivity contribution >= 4 is 0 Å². The van der Waals surface area contributed by atoms with Gasteiger partial charge in [-0.15, -0.1) is 0 Å². The van der Waals surface area contributed by atoms with E-state index in [1.807, 2.05) is 20.0 Å². The monoisotopic (exact) mass is 239 g/mol. The molecule has 0 aliphatic carbocycles. The Labute approximate surface area is 102 Å². The van der Waals surface area contributed by atoms with Crippen LogP contribution in [0.2, 0.25) is 0 Å². The summed E-state index contributed by atoms with van der Waals surface area (Å²) in [5, 5.41) is 22.8. The normalized spacial score (nSPS) is 14.4. The average Bonchev–Trinajstić information content (AvgIpc) is 2.34. The summed E-state index contributed by atoms with van der Waals surface area (Å²) in [5.41, 5.74) is 1.66. The second-order valence-electron chi connectivity index (χ2n) is 4.13. The van der Waals surface area contributed by atoms with E-state index in [-0.39, 0.29) is 0 Å². The fraction of sp³-hybridized carbons (Fsp3) is 0.538. The predicted octanol–water partition coefficient (Wildman–Crippen LogP) is 1.01. The number of ether oxygens (including phenoxy) is 1. The first-order valence-corrected chi connectivity index (χ1v) is 5.75. The highest BCUT2D eigenvalue weighted by Crippen LogP contribution is 2.25. The first-order chi connectivity index (χ1) is 8.10. The number of benzene rings is 1. The van der Waals surface area contributed by atoms with Crippen LogP contribution in [-0.4, -0.2) is 37.0 Å². The standard InChI is InChI=1S/C13H21NO3/c1-9-8-10(17-3)4-5-11(9)13(16)12(15)6-7-14-2/h4-5,8,12-16H,6-7H2,1-3H3. The summed E-state index contributed by atoms with van der Waals surface area (Å²) in [6.07, 6.45) is -1.09. The molecule has 0 saturated heterocycles. The summed E-state index contributed by atoms with van der Waals surface area (Å²) in [6.45, 7) is 2.57. The molecule has 0 saturated carbocycles. The Morgan fingerprint density at radius 3 is 2.59 bits per heavy atom. The van der Waals surface area contributed by atoms with Crippen LogP contribution in [0.25, 0.3) is 0 Å². The number of hydrogen-bond acceptors (Lipinski definition) is 4. The van der Waals surface area contributed by atoms with E-state index in [1.165, 1.54) is 0 Å². The molecular weight excluding hydrogens is 218 g/mol. The molecule has 4 heteroatoms. The van der Waals surface area contributed by atoms with Crippen LogP contribution >= 0.6 is 0 Å². The molecule has 3 N–H and O–H groups in total. The van der Waals surface area contributed by atoms with Gasteiger partial charge in [0.05, 0.1) is 13.2 Å². The molecule has 0 amide bonds. The van der Waals surface area contributed by atoms with Gasteiger partial charge >= 0.3 is 0 Å². The zero-order chi connectivity index (χ0) is 12.8. The summed E-state index contributed by atoms with van der Waals surface area (Å²) in [7, 11) is 3.42. The van der Waals surface area contributed by atoms with Gasteiger partial charge in [0.1, 0.15) is 11.9 Å². The van der Waals surface area contributed by atoms with Gasteiger partial charge in [0.15, 0.2) is 0 Å². The van der Waals surface area contributed by atoms with E-state index in [0.717, 1.165) is 16.9 Å². The maximum Gasteiger partial charge on any atom is 0.119 e. The lowest BCUT2D eigenvalue weighted by atomic mass is 9.97. The lowest BCUT2D eigenvalue weighted by Gasteiger charge is -2.20. The summed E-state index contributed by atoms with van der Waals surface area (Å²) < 4.78 is 5.10. The molecule has 2 unspecified atom stereocenters. The van der Waals surface area contributed by atoms with Crippen LogP contribution in [0.4, 0.5) is 0 Å². The van der Waals surface area contributed by atoms with Crippen molar-refractivity contribution in [1.82, 2.24) is 5.32 Å². The Balaban J connectivity index is 2.77. The molecule has 17 heavy (non-hydrogen) atoms. The minimum absolute atomic E-state index is 0.517. The minimum atomic E-state index is -0.853. The van der Waals surface area contributed by atoms with E-state index in [0.29, 0.717) is 13.0 Å². The number of aryl methyl sites for hydroxylation is 1. The quantitative estimate of drug-likeness (QED) is 0.693. The molecule has 0 heterocycles. The van der Waals surface area contributed by atoms with Crippen LogP contribution < -0.4 is 10.1 Å². The highest BCUT2D eigenvalue weighted by atomic mass is 16.5. The molecule has 0 aliphatic heterocycles. The third-order valence-corrected chi connectivity index (χ3v) is 2.85. The SMILES string of the molecule is CNCCC(O)C(O)c1ccc(OC)cc1C. The van der Waals surface area contributed by atoms with Crippen LogP contribution in [0.1, 0.15) is 23.7 Å². The van der Waals surface area contributed by atoms with Crippen molar-refractivity contribution in [2.45, 2.75) is 25.6 Å². The summed E-state index contributed by atoms with van der Waals surface area (Å²) in [4.78, 5) is 0. The maximum absolute atomic E-state index is 10.0. The van der Waals surface area contributed by atoms with Crippen LogP contribution in [0, 0.1) is 6.92 Å². The van der Waals surface area contributed by atoms with Gasteiger partial charge in [-0.1, -0.05) is 6.07 Å². The van der Waals surface area contributed by atoms with Crippen molar-refractivity contribution in [2.75, 3.05) is 20.7 Å². The van der Waals surface area contributed by atoms with Crippen LogP contribution in [0.3, 0.4) is 0 Å². The van der Waals surface area contributed by atoms with Crippen molar-refractivity contribution in [2.24, 2.45) is 0 Å². The Bertz CT molecular complexity index is 355. The van der Waals surface area contributed by atoms with Crippen molar-refractivity contribution in [3.63, 3.8) is 0 Å². The molecule has 1 aromatic carbocycles. The topological polar surface area (TPSA) is 61.7 Å². The van der Waals surface area contributed by atoms with Crippen LogP contribution in [0.15, 0.2) is 18.2 Å². The fourth-order valence-corrected chi connectivity index (χ4v) is 1.76. The van der Waals surface area contributed by atoms with Crippen molar-refractivity contribution in [3.8, 4) is 5.75 Å². The third-order valence-electron chi connectivity index (χ3n) is 2.85. The fourth-order valence-electron chi connectivity index (χ4n) is 1.76. The van der Waals surface area contributed by atoms with Gasteiger partial charge in [-0.05, 0) is 50.2 Å². The molecule has 0 fully saturated rings. The van der Waals surface area contributed by atoms with Gasteiger partial charge in [-0.25, -0.2) is 0 Å². The lowest BCUT2D eigenvalue weighted by molar-refractivity contribution is 0.0136. The molecule has 0 aromatic heterocycles. The first kappa shape index (κ1) is 14.0. The molecule has 0 radical (unpaired) electrons. The van der Waals surface area contributed by atoms with Crippen LogP contribution in [-0.2, 0) is 0 Å². The number of nitrogens with one attached hydrogen (secondary N) is 1. The molecule has 0 aliphatic rings. The van der Waals surface area contributed by atoms with Crippen molar-refractivity contribution in [3.05, 3.63) is 29.3 Å². The van der Waals surface area contributed by atoms with Crippen molar-refractivity contribution < 1.29 is 14.9 Å². The highest BCUT2D eigenvalue weighted by molar-refractivity contribution is 5.36. The van der Waals surface area contributed by atoms with E-state index in [9.17, 15) is 10.2 Å². The summed E-state index contributed by atoms with van der Waals surface area (Å²) in [6, 6.07) is 5.43. The number of aliphatic hydroxyl groups is 2. The van der Waals surface area contributed by atoms with E-state index >= 15 is 0 Å².